The van der Waals surface area contributed by atoms with Crippen molar-refractivity contribution in [2.24, 2.45) is 5.41 Å². The molecule has 0 radical (unpaired) electrons. The molecule has 0 aliphatic rings. The van der Waals surface area contributed by atoms with Crippen LogP contribution in [0.2, 0.25) is 0 Å². The topological polar surface area (TPSA) is 29.5 Å². The highest BCUT2D eigenvalue weighted by molar-refractivity contribution is 5.91. The average Bonchev–Trinajstić information content (AvgIpc) is 2.51. The van der Waals surface area contributed by atoms with Gasteiger partial charge in [-0.15, -0.1) is 0 Å². The van der Waals surface area contributed by atoms with Gasteiger partial charge >= 0.3 is 0 Å². The van der Waals surface area contributed by atoms with E-state index >= 15 is 0 Å². The molecule has 126 valence electrons. The summed E-state index contributed by atoms with van der Waals surface area (Å²) in [5.41, 5.74) is 0.723. The maximum atomic E-state index is 12.1. The number of carbonyl (C=O) groups is 1. The maximum Gasteiger partial charge on any atom is 0.262 e. The van der Waals surface area contributed by atoms with Crippen LogP contribution in [0, 0.1) is 17.3 Å². The summed E-state index contributed by atoms with van der Waals surface area (Å²) in [6, 6.07) is 12.0. The number of rotatable bonds is 3. The number of amides is 1. The lowest BCUT2D eigenvalue weighted by Gasteiger charge is -2.20. The number of likely N-dealkylation sites (N-methyl/N-ethyl adjacent to an activating group) is 1. The lowest BCUT2D eigenvalue weighted by atomic mass is 9.96. The van der Waals surface area contributed by atoms with Gasteiger partial charge in [-0.3, -0.25) is 4.79 Å². The van der Waals surface area contributed by atoms with E-state index in [9.17, 15) is 4.79 Å². The quantitative estimate of drug-likeness (QED) is 0.796. The highest BCUT2D eigenvalue weighted by Gasteiger charge is 2.18. The van der Waals surface area contributed by atoms with Crippen LogP contribution in [0.3, 0.4) is 0 Å². The second kappa shape index (κ2) is 6.97. The van der Waals surface area contributed by atoms with Gasteiger partial charge in [-0.25, -0.2) is 0 Å². The van der Waals surface area contributed by atoms with Gasteiger partial charge in [0.25, 0.3) is 5.91 Å². The van der Waals surface area contributed by atoms with E-state index in [4.69, 9.17) is 4.74 Å². The fraction of sp³-hybridized carbons (Fsp3) is 0.381. The zero-order chi connectivity index (χ0) is 17.9. The minimum Gasteiger partial charge on any atom is -0.480 e. The van der Waals surface area contributed by atoms with Crippen molar-refractivity contribution in [3.63, 3.8) is 0 Å². The third-order valence-corrected chi connectivity index (χ3v) is 3.55. The minimum atomic E-state index is -0.559. The molecule has 2 aromatic rings. The summed E-state index contributed by atoms with van der Waals surface area (Å²) < 4.78 is 5.95. The van der Waals surface area contributed by atoms with Crippen LogP contribution in [0.4, 0.5) is 0 Å². The summed E-state index contributed by atoms with van der Waals surface area (Å²) in [6.07, 6.45) is -0.559. The van der Waals surface area contributed by atoms with E-state index in [1.807, 2.05) is 30.3 Å². The Morgan fingerprint density at radius 3 is 2.42 bits per heavy atom. The summed E-state index contributed by atoms with van der Waals surface area (Å²) in [6.45, 7) is 7.98. The zero-order valence-electron chi connectivity index (χ0n) is 15.3. The molecule has 0 aromatic heterocycles. The first-order chi connectivity index (χ1) is 11.2. The van der Waals surface area contributed by atoms with Crippen molar-refractivity contribution < 1.29 is 9.53 Å². The highest BCUT2D eigenvalue weighted by atomic mass is 16.5. The molecule has 0 spiro atoms. The standard InChI is InChI=1S/C21H25NO2/c1-15(20(23)22(5)6)24-19-12-11-16-9-7-8-10-17(16)18(19)13-14-21(2,3)4/h7-12,15H,1-6H3. The zero-order valence-corrected chi connectivity index (χ0v) is 15.3. The van der Waals surface area contributed by atoms with Crippen LogP contribution in [-0.4, -0.2) is 31.0 Å². The second-order valence-electron chi connectivity index (χ2n) is 7.15. The van der Waals surface area contributed by atoms with Crippen LogP contribution in [-0.2, 0) is 4.79 Å². The first kappa shape index (κ1) is 17.9. The molecule has 0 saturated carbocycles. The van der Waals surface area contributed by atoms with Gasteiger partial charge < -0.3 is 9.64 Å². The molecule has 3 heteroatoms. The van der Waals surface area contributed by atoms with Crippen molar-refractivity contribution in [3.8, 4) is 17.6 Å². The van der Waals surface area contributed by atoms with Gasteiger partial charge in [0, 0.05) is 24.9 Å². The Bertz CT molecular complexity index is 804. The largest absolute Gasteiger partial charge is 0.480 e. The van der Waals surface area contributed by atoms with Crippen LogP contribution in [0.25, 0.3) is 10.8 Å². The lowest BCUT2D eigenvalue weighted by molar-refractivity contribution is -0.135. The molecule has 0 saturated heterocycles. The van der Waals surface area contributed by atoms with Crippen LogP contribution in [0.5, 0.6) is 5.75 Å². The molecule has 1 unspecified atom stereocenters. The van der Waals surface area contributed by atoms with Crippen molar-refractivity contribution in [2.75, 3.05) is 14.1 Å². The van der Waals surface area contributed by atoms with Crippen LogP contribution in [0.15, 0.2) is 36.4 Å². The van der Waals surface area contributed by atoms with E-state index in [2.05, 4.69) is 38.7 Å². The predicted molar refractivity (Wildman–Crippen MR) is 99.1 cm³/mol. The van der Waals surface area contributed by atoms with Gasteiger partial charge in [0.15, 0.2) is 6.10 Å². The minimum absolute atomic E-state index is 0.0714. The van der Waals surface area contributed by atoms with Gasteiger partial charge in [-0.05, 0) is 39.1 Å². The smallest absolute Gasteiger partial charge is 0.262 e. The molecule has 0 N–H and O–H groups in total. The van der Waals surface area contributed by atoms with Gasteiger partial charge in [0.2, 0.25) is 0 Å². The van der Waals surface area contributed by atoms with Crippen LogP contribution >= 0.6 is 0 Å². The summed E-state index contributed by atoms with van der Waals surface area (Å²) in [4.78, 5) is 13.6. The van der Waals surface area contributed by atoms with Gasteiger partial charge in [0.05, 0.1) is 5.56 Å². The normalized spacial score (nSPS) is 12.2. The lowest BCUT2D eigenvalue weighted by Crippen LogP contribution is -2.35. The molecule has 2 rings (SSSR count). The number of ether oxygens (including phenoxy) is 1. The highest BCUT2D eigenvalue weighted by Crippen LogP contribution is 2.29. The molecule has 1 amide bonds. The fourth-order valence-corrected chi connectivity index (χ4v) is 2.33. The molecule has 24 heavy (non-hydrogen) atoms. The monoisotopic (exact) mass is 323 g/mol. The molecule has 0 bridgehead atoms. The molecule has 0 heterocycles. The van der Waals surface area contributed by atoms with Crippen molar-refractivity contribution in [1.29, 1.82) is 0 Å². The third-order valence-electron chi connectivity index (χ3n) is 3.55. The molecular weight excluding hydrogens is 298 g/mol. The van der Waals surface area contributed by atoms with Gasteiger partial charge in [0.1, 0.15) is 5.75 Å². The van der Waals surface area contributed by atoms with E-state index < -0.39 is 6.10 Å². The number of benzene rings is 2. The first-order valence-electron chi connectivity index (χ1n) is 8.12. The van der Waals surface area contributed by atoms with E-state index in [0.29, 0.717) is 5.75 Å². The van der Waals surface area contributed by atoms with Crippen molar-refractivity contribution in [3.05, 3.63) is 42.0 Å². The average molecular weight is 323 g/mol. The Labute approximate surface area is 144 Å². The molecule has 1 atom stereocenters. The Morgan fingerprint density at radius 1 is 1.12 bits per heavy atom. The number of carbonyl (C=O) groups excluding carboxylic acids is 1. The summed E-state index contributed by atoms with van der Waals surface area (Å²) >= 11 is 0. The molecule has 2 aromatic carbocycles. The maximum absolute atomic E-state index is 12.1. The van der Waals surface area contributed by atoms with Crippen molar-refractivity contribution in [1.82, 2.24) is 4.90 Å². The SMILES string of the molecule is CC(Oc1ccc2ccccc2c1C#CC(C)(C)C)C(=O)N(C)C. The van der Waals surface area contributed by atoms with Crippen LogP contribution < -0.4 is 4.74 Å². The number of nitrogens with zero attached hydrogens (tertiary/aromatic N) is 1. The summed E-state index contributed by atoms with van der Waals surface area (Å²) in [5.74, 6) is 7.12. The van der Waals surface area contributed by atoms with Crippen molar-refractivity contribution >= 4 is 16.7 Å². The summed E-state index contributed by atoms with van der Waals surface area (Å²) in [7, 11) is 3.45. The van der Waals surface area contributed by atoms with E-state index in [1.54, 1.807) is 21.0 Å². The van der Waals surface area contributed by atoms with Gasteiger partial charge in [-0.2, -0.15) is 0 Å². The van der Waals surface area contributed by atoms with Crippen LogP contribution in [0.1, 0.15) is 33.3 Å². The first-order valence-corrected chi connectivity index (χ1v) is 8.12. The van der Waals surface area contributed by atoms with E-state index in [1.165, 1.54) is 4.90 Å². The third kappa shape index (κ3) is 4.29. The molecule has 3 nitrogen and oxygen atoms in total. The van der Waals surface area contributed by atoms with E-state index in [0.717, 1.165) is 16.3 Å². The molecule has 0 aliphatic carbocycles. The summed E-state index contributed by atoms with van der Waals surface area (Å²) in [5, 5.41) is 2.14. The molecule has 0 aliphatic heterocycles. The Balaban J connectivity index is 2.52. The molecular formula is C21H25NO2. The Kier molecular flexibility index (Phi) is 5.19. The number of hydrogen-bond donors (Lipinski definition) is 0. The Hall–Kier alpha value is -2.47. The van der Waals surface area contributed by atoms with Crippen molar-refractivity contribution in [2.45, 2.75) is 33.8 Å². The van der Waals surface area contributed by atoms with E-state index in [-0.39, 0.29) is 11.3 Å². The second-order valence-corrected chi connectivity index (χ2v) is 7.15. The molecule has 0 fully saturated rings. The van der Waals surface area contributed by atoms with Gasteiger partial charge in [-0.1, -0.05) is 42.2 Å². The fourth-order valence-electron chi connectivity index (χ4n) is 2.33. The number of fused-ring (bicyclic) bond motifs is 1. The number of hydrogen-bond acceptors (Lipinski definition) is 2. The Morgan fingerprint density at radius 2 is 1.79 bits per heavy atom. The predicted octanol–water partition coefficient (Wildman–Crippen LogP) is 4.09.